The second-order valence-electron chi connectivity index (χ2n) is 4.98. The quantitative estimate of drug-likeness (QED) is 0.424. The number of nitrogens with two attached hydrogens (primary N) is 1. The summed E-state index contributed by atoms with van der Waals surface area (Å²) in [5.41, 5.74) is 9.00. The second kappa shape index (κ2) is 8.12. The number of aromatic nitrogens is 2. The van der Waals surface area contributed by atoms with Crippen molar-refractivity contribution in [3.63, 3.8) is 0 Å². The standard InChI is InChI=1S/C18H17N5S/c19-18(24-13-14-6-2-1-3-7-14)23-22-12-15-8-4-5-9-16(15)17-20-10-11-21-17/h1-12H,13H2,(H2,19,23)(H,20,21). The molecule has 0 radical (unpaired) electrons. The highest BCUT2D eigenvalue weighted by atomic mass is 32.2. The van der Waals surface area contributed by atoms with Gasteiger partial charge in [0.2, 0.25) is 0 Å². The Morgan fingerprint density at radius 2 is 1.92 bits per heavy atom. The van der Waals surface area contributed by atoms with E-state index < -0.39 is 0 Å². The third-order valence-electron chi connectivity index (χ3n) is 3.30. The van der Waals surface area contributed by atoms with Gasteiger partial charge in [0, 0.05) is 29.3 Å². The summed E-state index contributed by atoms with van der Waals surface area (Å²) < 4.78 is 0. The van der Waals surface area contributed by atoms with Crippen LogP contribution in [-0.4, -0.2) is 21.4 Å². The van der Waals surface area contributed by atoms with E-state index in [-0.39, 0.29) is 0 Å². The molecule has 0 amide bonds. The maximum Gasteiger partial charge on any atom is 0.180 e. The minimum absolute atomic E-state index is 0.436. The van der Waals surface area contributed by atoms with E-state index in [4.69, 9.17) is 5.73 Å². The van der Waals surface area contributed by atoms with Crippen LogP contribution in [0.2, 0.25) is 0 Å². The molecule has 0 saturated heterocycles. The molecule has 0 spiro atoms. The zero-order valence-electron chi connectivity index (χ0n) is 13.0. The van der Waals surface area contributed by atoms with Crippen LogP contribution >= 0.6 is 11.8 Å². The lowest BCUT2D eigenvalue weighted by Gasteiger charge is -2.01. The molecule has 0 bridgehead atoms. The molecule has 0 aliphatic heterocycles. The Morgan fingerprint density at radius 3 is 2.71 bits per heavy atom. The molecule has 0 aliphatic rings. The largest absolute Gasteiger partial charge is 0.377 e. The molecule has 0 atom stereocenters. The fourth-order valence-corrected chi connectivity index (χ4v) is 2.76. The first-order chi connectivity index (χ1) is 11.8. The van der Waals surface area contributed by atoms with Crippen LogP contribution in [0.5, 0.6) is 0 Å². The SMILES string of the molecule is NC(=NN=Cc1ccccc1-c1ncc[nH]1)SCc1ccccc1. The van der Waals surface area contributed by atoms with Crippen molar-refractivity contribution in [1.82, 2.24) is 9.97 Å². The zero-order valence-corrected chi connectivity index (χ0v) is 13.8. The number of hydrogen-bond donors (Lipinski definition) is 2. The molecule has 0 saturated carbocycles. The molecule has 3 rings (SSSR count). The lowest BCUT2D eigenvalue weighted by atomic mass is 10.1. The van der Waals surface area contributed by atoms with Crippen LogP contribution in [-0.2, 0) is 5.75 Å². The zero-order chi connectivity index (χ0) is 16.6. The number of hydrogen-bond acceptors (Lipinski definition) is 4. The van der Waals surface area contributed by atoms with Gasteiger partial charge in [-0.15, -0.1) is 5.10 Å². The molecule has 2 aromatic carbocycles. The number of nitrogens with zero attached hydrogens (tertiary/aromatic N) is 3. The van der Waals surface area contributed by atoms with Gasteiger partial charge >= 0.3 is 0 Å². The Kier molecular flexibility index (Phi) is 5.42. The average molecular weight is 335 g/mol. The Labute approximate surface area is 144 Å². The fraction of sp³-hybridized carbons (Fsp3) is 0.0556. The van der Waals surface area contributed by atoms with Gasteiger partial charge in [0.25, 0.3) is 0 Å². The minimum Gasteiger partial charge on any atom is -0.377 e. The van der Waals surface area contributed by atoms with E-state index in [1.165, 1.54) is 17.3 Å². The van der Waals surface area contributed by atoms with Crippen molar-refractivity contribution < 1.29 is 0 Å². The number of H-pyrrole nitrogens is 1. The van der Waals surface area contributed by atoms with E-state index >= 15 is 0 Å². The molecule has 0 fully saturated rings. The number of aromatic amines is 1. The molecule has 0 unspecified atom stereocenters. The maximum atomic E-state index is 5.90. The molecular formula is C18H17N5S. The van der Waals surface area contributed by atoms with Gasteiger partial charge in [0.05, 0.1) is 6.21 Å². The molecule has 1 aromatic heterocycles. The summed E-state index contributed by atoms with van der Waals surface area (Å²) in [4.78, 5) is 7.37. The van der Waals surface area contributed by atoms with Crippen molar-refractivity contribution >= 4 is 23.1 Å². The number of rotatable bonds is 5. The van der Waals surface area contributed by atoms with E-state index in [1.807, 2.05) is 42.5 Å². The van der Waals surface area contributed by atoms with E-state index in [9.17, 15) is 0 Å². The average Bonchev–Trinajstić information content (AvgIpc) is 3.16. The molecule has 1 heterocycles. The third kappa shape index (κ3) is 4.33. The van der Waals surface area contributed by atoms with Crippen LogP contribution in [0.15, 0.2) is 77.2 Å². The predicted octanol–water partition coefficient (Wildman–Crippen LogP) is 3.66. The summed E-state index contributed by atoms with van der Waals surface area (Å²) in [5, 5.41) is 8.59. The predicted molar refractivity (Wildman–Crippen MR) is 101 cm³/mol. The molecular weight excluding hydrogens is 318 g/mol. The lowest BCUT2D eigenvalue weighted by molar-refractivity contribution is 1.25. The third-order valence-corrected chi connectivity index (χ3v) is 4.15. The molecule has 6 heteroatoms. The summed E-state index contributed by atoms with van der Waals surface area (Å²) in [6, 6.07) is 18.0. The highest BCUT2D eigenvalue weighted by Crippen LogP contribution is 2.18. The monoisotopic (exact) mass is 335 g/mol. The second-order valence-corrected chi connectivity index (χ2v) is 5.98. The normalized spacial score (nSPS) is 11.9. The van der Waals surface area contributed by atoms with Crippen molar-refractivity contribution in [2.24, 2.45) is 15.9 Å². The van der Waals surface area contributed by atoms with Gasteiger partial charge in [-0.2, -0.15) is 5.10 Å². The Hall–Kier alpha value is -2.86. The number of imidazole rings is 1. The van der Waals surface area contributed by atoms with Gasteiger partial charge < -0.3 is 10.7 Å². The molecule has 120 valence electrons. The summed E-state index contributed by atoms with van der Waals surface area (Å²) >= 11 is 1.46. The number of nitrogens with one attached hydrogen (secondary N) is 1. The lowest BCUT2D eigenvalue weighted by Crippen LogP contribution is -2.06. The topological polar surface area (TPSA) is 79.4 Å². The van der Waals surface area contributed by atoms with Crippen LogP contribution < -0.4 is 5.73 Å². The molecule has 5 nitrogen and oxygen atoms in total. The maximum absolute atomic E-state index is 5.90. The van der Waals surface area contributed by atoms with Gasteiger partial charge in [-0.3, -0.25) is 0 Å². The van der Waals surface area contributed by atoms with Crippen LogP contribution in [0.1, 0.15) is 11.1 Å². The van der Waals surface area contributed by atoms with Crippen molar-refractivity contribution in [2.75, 3.05) is 0 Å². The van der Waals surface area contributed by atoms with E-state index in [0.717, 1.165) is 22.7 Å². The van der Waals surface area contributed by atoms with Crippen LogP contribution in [0.25, 0.3) is 11.4 Å². The minimum atomic E-state index is 0.436. The van der Waals surface area contributed by atoms with E-state index in [1.54, 1.807) is 18.6 Å². The summed E-state index contributed by atoms with van der Waals surface area (Å²) in [6.45, 7) is 0. The Balaban J connectivity index is 1.66. The number of thioether (sulfide) groups is 1. The van der Waals surface area contributed by atoms with Gasteiger partial charge in [0.1, 0.15) is 5.82 Å². The molecule has 3 N–H and O–H groups in total. The van der Waals surface area contributed by atoms with Gasteiger partial charge in [-0.05, 0) is 5.56 Å². The first-order valence-electron chi connectivity index (χ1n) is 7.45. The first-order valence-corrected chi connectivity index (χ1v) is 8.43. The summed E-state index contributed by atoms with van der Waals surface area (Å²) in [7, 11) is 0. The van der Waals surface area contributed by atoms with Gasteiger partial charge in [0.15, 0.2) is 5.17 Å². The Morgan fingerprint density at radius 1 is 1.12 bits per heavy atom. The number of amidine groups is 1. The summed E-state index contributed by atoms with van der Waals surface area (Å²) in [6.07, 6.45) is 5.20. The Bertz CT molecular complexity index is 826. The van der Waals surface area contributed by atoms with Crippen molar-refractivity contribution in [2.45, 2.75) is 5.75 Å². The van der Waals surface area contributed by atoms with Crippen molar-refractivity contribution in [1.29, 1.82) is 0 Å². The first kappa shape index (κ1) is 16.0. The van der Waals surface area contributed by atoms with Crippen LogP contribution in [0.4, 0.5) is 0 Å². The highest BCUT2D eigenvalue weighted by molar-refractivity contribution is 8.13. The van der Waals surface area contributed by atoms with Crippen LogP contribution in [0.3, 0.4) is 0 Å². The fourth-order valence-electron chi connectivity index (χ4n) is 2.15. The summed E-state index contributed by atoms with van der Waals surface area (Å²) in [5.74, 6) is 1.57. The van der Waals surface area contributed by atoms with E-state index in [2.05, 4.69) is 32.3 Å². The van der Waals surface area contributed by atoms with Gasteiger partial charge in [-0.25, -0.2) is 4.98 Å². The molecule has 24 heavy (non-hydrogen) atoms. The van der Waals surface area contributed by atoms with E-state index in [0.29, 0.717) is 5.17 Å². The number of benzene rings is 2. The highest BCUT2D eigenvalue weighted by Gasteiger charge is 2.04. The molecule has 3 aromatic rings. The van der Waals surface area contributed by atoms with Crippen LogP contribution in [0, 0.1) is 0 Å². The van der Waals surface area contributed by atoms with Crippen molar-refractivity contribution in [3.05, 3.63) is 78.1 Å². The smallest absolute Gasteiger partial charge is 0.180 e. The van der Waals surface area contributed by atoms with Crippen molar-refractivity contribution in [3.8, 4) is 11.4 Å². The molecule has 0 aliphatic carbocycles. The van der Waals surface area contributed by atoms with Gasteiger partial charge in [-0.1, -0.05) is 66.4 Å².